The van der Waals surface area contributed by atoms with Gasteiger partial charge in [0, 0.05) is 11.9 Å². The lowest BCUT2D eigenvalue weighted by Gasteiger charge is -2.08. The quantitative estimate of drug-likeness (QED) is 0.875. The average Bonchev–Trinajstić information content (AvgIpc) is 2.39. The molecule has 6 nitrogen and oxygen atoms in total. The van der Waals surface area contributed by atoms with Gasteiger partial charge in [0.2, 0.25) is 16.0 Å². The lowest BCUT2D eigenvalue weighted by Crippen LogP contribution is -2.22. The van der Waals surface area contributed by atoms with Crippen LogP contribution in [0.2, 0.25) is 0 Å². The molecule has 0 fully saturated rings. The molecule has 0 saturated heterocycles. The Labute approximate surface area is 117 Å². The van der Waals surface area contributed by atoms with Crippen molar-refractivity contribution in [3.63, 3.8) is 0 Å². The van der Waals surface area contributed by atoms with E-state index in [4.69, 9.17) is 4.74 Å². The predicted octanol–water partition coefficient (Wildman–Crippen LogP) is 1.61. The van der Waals surface area contributed by atoms with Crippen LogP contribution in [0, 0.1) is 6.92 Å². The Hall–Kier alpha value is -2.15. The summed E-state index contributed by atoms with van der Waals surface area (Å²) in [5, 5.41) is 0. The van der Waals surface area contributed by atoms with Gasteiger partial charge in [-0.25, -0.2) is 18.4 Å². The predicted molar refractivity (Wildman–Crippen MR) is 76.1 cm³/mol. The smallest absolute Gasteiger partial charge is 0.238 e. The van der Waals surface area contributed by atoms with Crippen molar-refractivity contribution in [2.75, 3.05) is 17.1 Å². The van der Waals surface area contributed by atoms with Crippen LogP contribution in [0.1, 0.15) is 5.69 Å². The van der Waals surface area contributed by atoms with Crippen molar-refractivity contribution in [2.24, 2.45) is 0 Å². The fraction of sp³-hybridized carbons (Fsp3) is 0.231. The van der Waals surface area contributed by atoms with Crippen molar-refractivity contribution in [3.05, 3.63) is 48.3 Å². The van der Waals surface area contributed by atoms with Crippen molar-refractivity contribution < 1.29 is 13.2 Å². The van der Waals surface area contributed by atoms with Crippen molar-refractivity contribution in [1.82, 2.24) is 9.97 Å². The van der Waals surface area contributed by atoms with E-state index in [1.165, 1.54) is 6.20 Å². The SMILES string of the molecule is Cc1ccnc(NS(=O)(=O)CCOc2ccccc2)n1. The highest BCUT2D eigenvalue weighted by atomic mass is 32.2. The van der Waals surface area contributed by atoms with E-state index in [0.717, 1.165) is 0 Å². The number of benzene rings is 1. The second-order valence-corrected chi connectivity index (χ2v) is 5.95. The van der Waals surface area contributed by atoms with E-state index >= 15 is 0 Å². The summed E-state index contributed by atoms with van der Waals surface area (Å²) in [7, 11) is -3.52. The molecule has 0 aliphatic carbocycles. The van der Waals surface area contributed by atoms with E-state index in [0.29, 0.717) is 11.4 Å². The maximum absolute atomic E-state index is 11.8. The number of nitrogens with zero attached hydrogens (tertiary/aromatic N) is 2. The number of para-hydroxylation sites is 1. The maximum atomic E-state index is 11.8. The molecule has 0 bridgehead atoms. The highest BCUT2D eigenvalue weighted by molar-refractivity contribution is 7.92. The van der Waals surface area contributed by atoms with Crippen molar-refractivity contribution in [2.45, 2.75) is 6.92 Å². The molecule has 2 aromatic rings. The van der Waals surface area contributed by atoms with E-state index in [9.17, 15) is 8.42 Å². The Morgan fingerprint density at radius 3 is 2.65 bits per heavy atom. The van der Waals surface area contributed by atoms with Crippen LogP contribution in [0.4, 0.5) is 5.95 Å². The van der Waals surface area contributed by atoms with Gasteiger partial charge < -0.3 is 4.74 Å². The number of aryl methyl sites for hydroxylation is 1. The first-order valence-corrected chi connectivity index (χ1v) is 7.68. The minimum absolute atomic E-state index is 0.0607. The Bertz CT molecular complexity index is 660. The minimum atomic E-state index is -3.52. The molecule has 1 N–H and O–H groups in total. The number of sulfonamides is 1. The Balaban J connectivity index is 1.88. The van der Waals surface area contributed by atoms with E-state index < -0.39 is 10.0 Å². The molecule has 1 aromatic carbocycles. The standard InChI is InChI=1S/C13H15N3O3S/c1-11-7-8-14-13(15-11)16-20(17,18)10-9-19-12-5-3-2-4-6-12/h2-8H,9-10H2,1H3,(H,14,15,16). The largest absolute Gasteiger partial charge is 0.492 e. The van der Waals surface area contributed by atoms with Crippen LogP contribution in [0.15, 0.2) is 42.6 Å². The first kappa shape index (κ1) is 14.3. The van der Waals surface area contributed by atoms with E-state index in [1.807, 2.05) is 18.2 Å². The monoisotopic (exact) mass is 293 g/mol. The van der Waals surface area contributed by atoms with Gasteiger partial charge in [0.15, 0.2) is 0 Å². The number of aromatic nitrogens is 2. The van der Waals surface area contributed by atoms with Crippen LogP contribution in [0.5, 0.6) is 5.75 Å². The van der Waals surface area contributed by atoms with Gasteiger partial charge in [-0.05, 0) is 25.1 Å². The molecule has 20 heavy (non-hydrogen) atoms. The third kappa shape index (κ3) is 4.51. The van der Waals surface area contributed by atoms with Crippen molar-refractivity contribution >= 4 is 16.0 Å². The van der Waals surface area contributed by atoms with Gasteiger partial charge in [-0.2, -0.15) is 0 Å². The number of ether oxygens (including phenoxy) is 1. The molecule has 0 radical (unpaired) electrons. The normalized spacial score (nSPS) is 11.1. The average molecular weight is 293 g/mol. The summed E-state index contributed by atoms with van der Waals surface area (Å²) in [6.45, 7) is 1.82. The summed E-state index contributed by atoms with van der Waals surface area (Å²) in [5.41, 5.74) is 0.693. The molecule has 0 amide bonds. The first-order valence-electron chi connectivity index (χ1n) is 6.03. The van der Waals surface area contributed by atoms with E-state index in [1.54, 1.807) is 25.1 Å². The highest BCUT2D eigenvalue weighted by Gasteiger charge is 2.12. The molecular formula is C13H15N3O3S. The van der Waals surface area contributed by atoms with Gasteiger partial charge in [-0.3, -0.25) is 4.72 Å². The Kier molecular flexibility index (Phi) is 4.52. The number of rotatable bonds is 6. The van der Waals surface area contributed by atoms with Crippen molar-refractivity contribution in [3.8, 4) is 5.75 Å². The van der Waals surface area contributed by atoms with Gasteiger partial charge in [0.1, 0.15) is 18.1 Å². The van der Waals surface area contributed by atoms with Gasteiger partial charge in [0.25, 0.3) is 0 Å². The summed E-state index contributed by atoms with van der Waals surface area (Å²) in [6, 6.07) is 10.7. The lowest BCUT2D eigenvalue weighted by atomic mass is 10.3. The van der Waals surface area contributed by atoms with E-state index in [2.05, 4.69) is 14.7 Å². The van der Waals surface area contributed by atoms with Crippen LogP contribution in [-0.2, 0) is 10.0 Å². The fourth-order valence-electron chi connectivity index (χ4n) is 1.47. The molecule has 0 saturated carbocycles. The third-order valence-electron chi connectivity index (χ3n) is 2.41. The number of hydrogen-bond acceptors (Lipinski definition) is 5. The van der Waals surface area contributed by atoms with Crippen LogP contribution >= 0.6 is 0 Å². The lowest BCUT2D eigenvalue weighted by molar-refractivity contribution is 0.341. The number of anilines is 1. The van der Waals surface area contributed by atoms with E-state index in [-0.39, 0.29) is 18.3 Å². The highest BCUT2D eigenvalue weighted by Crippen LogP contribution is 2.08. The molecule has 0 spiro atoms. The van der Waals surface area contributed by atoms with Gasteiger partial charge in [-0.15, -0.1) is 0 Å². The van der Waals surface area contributed by atoms with Crippen LogP contribution in [-0.4, -0.2) is 30.7 Å². The fourth-order valence-corrected chi connectivity index (χ4v) is 2.26. The van der Waals surface area contributed by atoms with Crippen molar-refractivity contribution in [1.29, 1.82) is 0 Å². The number of hydrogen-bond donors (Lipinski definition) is 1. The summed E-state index contributed by atoms with van der Waals surface area (Å²) in [6.07, 6.45) is 1.50. The summed E-state index contributed by atoms with van der Waals surface area (Å²) < 4.78 is 31.3. The first-order chi connectivity index (χ1) is 9.55. The topological polar surface area (TPSA) is 81.2 Å². The summed E-state index contributed by atoms with van der Waals surface area (Å²) in [4.78, 5) is 7.83. The molecule has 1 aromatic heterocycles. The molecule has 0 atom stereocenters. The molecule has 0 aliphatic heterocycles. The summed E-state index contributed by atoms with van der Waals surface area (Å²) >= 11 is 0. The van der Waals surface area contributed by atoms with Crippen LogP contribution in [0.3, 0.4) is 0 Å². The molecule has 106 valence electrons. The molecule has 7 heteroatoms. The minimum Gasteiger partial charge on any atom is -0.492 e. The molecule has 0 aliphatic rings. The molecular weight excluding hydrogens is 278 g/mol. The molecule has 0 unspecified atom stereocenters. The second-order valence-electron chi connectivity index (χ2n) is 4.10. The molecule has 2 rings (SSSR count). The van der Waals surface area contributed by atoms with Crippen LogP contribution < -0.4 is 9.46 Å². The van der Waals surface area contributed by atoms with Gasteiger partial charge in [-0.1, -0.05) is 18.2 Å². The number of nitrogens with one attached hydrogen (secondary N) is 1. The molecule has 1 heterocycles. The zero-order chi connectivity index (χ0) is 14.4. The van der Waals surface area contributed by atoms with Gasteiger partial charge >= 0.3 is 0 Å². The Morgan fingerprint density at radius 1 is 1.20 bits per heavy atom. The zero-order valence-electron chi connectivity index (χ0n) is 11.0. The third-order valence-corrected chi connectivity index (χ3v) is 3.60. The second kappa shape index (κ2) is 6.33. The Morgan fingerprint density at radius 2 is 1.95 bits per heavy atom. The maximum Gasteiger partial charge on any atom is 0.238 e. The zero-order valence-corrected chi connectivity index (χ0v) is 11.8. The summed E-state index contributed by atoms with van der Waals surface area (Å²) in [5.74, 6) is 0.540. The van der Waals surface area contributed by atoms with Crippen LogP contribution in [0.25, 0.3) is 0 Å². The van der Waals surface area contributed by atoms with Gasteiger partial charge in [0.05, 0.1) is 0 Å².